The van der Waals surface area contributed by atoms with Crippen LogP contribution in [0.2, 0.25) is 0 Å². The molecule has 12 heteroatoms. The van der Waals surface area contributed by atoms with Gasteiger partial charge in [-0.15, -0.1) is 0 Å². The molecule has 0 unspecified atom stereocenters. The zero-order chi connectivity index (χ0) is 33.4. The fourth-order valence-corrected chi connectivity index (χ4v) is 8.68. The maximum atomic E-state index is 14.1. The maximum absolute atomic E-state index is 14.1. The van der Waals surface area contributed by atoms with E-state index in [4.69, 9.17) is 9.47 Å². The number of nitro benzene ring substituents is 1. The van der Waals surface area contributed by atoms with Crippen LogP contribution in [0, 0.1) is 17.3 Å². The van der Waals surface area contributed by atoms with E-state index in [1.54, 1.807) is 32.9 Å². The van der Waals surface area contributed by atoms with Crippen LogP contribution in [0.25, 0.3) is 16.8 Å². The zero-order valence-corrected chi connectivity index (χ0v) is 30.5. The number of aromatic nitrogens is 1. The molecule has 0 fully saturated rings. The summed E-state index contributed by atoms with van der Waals surface area (Å²) in [6, 6.07) is 23.3. The molecular formula is C35H27I2N3O6S. The van der Waals surface area contributed by atoms with Gasteiger partial charge in [0.25, 0.3) is 11.2 Å². The molecule has 0 aliphatic carbocycles. The Morgan fingerprint density at radius 3 is 2.49 bits per heavy atom. The number of non-ortho nitro benzene ring substituents is 1. The highest BCUT2D eigenvalue weighted by molar-refractivity contribution is 14.1. The number of nitro groups is 1. The smallest absolute Gasteiger partial charge is 0.338 e. The summed E-state index contributed by atoms with van der Waals surface area (Å²) < 4.78 is 15.5. The minimum Gasteiger partial charge on any atom is -0.487 e. The first-order valence-electron chi connectivity index (χ1n) is 14.6. The number of allylic oxidation sites excluding steroid dienone is 1. The molecule has 4 aromatic carbocycles. The number of fused-ring (bicyclic) bond motifs is 2. The average Bonchev–Trinajstić information content (AvgIpc) is 3.33. The molecular weight excluding hydrogens is 844 g/mol. The summed E-state index contributed by atoms with van der Waals surface area (Å²) in [6.45, 7) is 5.55. The van der Waals surface area contributed by atoms with Crippen LogP contribution in [-0.4, -0.2) is 21.6 Å². The first kappa shape index (κ1) is 33.0. The Bertz CT molecular complexity index is 2260. The van der Waals surface area contributed by atoms with Crippen LogP contribution in [0.3, 0.4) is 0 Å². The number of thiazole rings is 1. The molecule has 0 N–H and O–H groups in total. The second-order valence-corrected chi connectivity index (χ2v) is 14.5. The van der Waals surface area contributed by atoms with Crippen LogP contribution in [-0.2, 0) is 16.1 Å². The van der Waals surface area contributed by atoms with Crippen LogP contribution in [0.5, 0.6) is 5.75 Å². The summed E-state index contributed by atoms with van der Waals surface area (Å²) in [5.74, 6) is 0.127. The minimum absolute atomic E-state index is 0.150. The van der Waals surface area contributed by atoms with Crippen LogP contribution >= 0.6 is 56.5 Å². The molecule has 238 valence electrons. The summed E-state index contributed by atoms with van der Waals surface area (Å²) in [5, 5.41) is 13.9. The molecule has 0 amide bonds. The zero-order valence-electron chi connectivity index (χ0n) is 25.4. The summed E-state index contributed by atoms with van der Waals surface area (Å²) in [6.07, 6.45) is 1.38. The molecule has 1 aliphatic rings. The average molecular weight is 871 g/mol. The standard InChI is InChI=1S/C35H27I2N3O6S/c1-19(2)46-34(42)30-20(3)38-35-39(31(30)23-10-7-12-25(17-23)40(43)44)33(41)29(47-35)16-21-14-27(36)32(28(37)15-21)45-18-24-11-6-9-22-8-4-5-13-26(22)24/h4-17,19,31H,18H2,1-3H3/b29-16+/t31-/m0/s1. The fourth-order valence-electron chi connectivity index (χ4n) is 5.50. The normalized spacial score (nSPS) is 14.7. The molecule has 6 rings (SSSR count). The van der Waals surface area contributed by atoms with Gasteiger partial charge in [-0.3, -0.25) is 19.5 Å². The number of nitrogens with zero attached hydrogens (tertiary/aromatic N) is 3. The van der Waals surface area contributed by atoms with Crippen molar-refractivity contribution in [2.45, 2.75) is 39.5 Å². The molecule has 0 radical (unpaired) electrons. The Hall–Kier alpha value is -3.89. The lowest BCUT2D eigenvalue weighted by Crippen LogP contribution is -2.40. The van der Waals surface area contributed by atoms with Gasteiger partial charge in [0.05, 0.1) is 40.0 Å². The molecule has 5 aromatic rings. The molecule has 0 saturated carbocycles. The first-order chi connectivity index (χ1) is 22.5. The molecule has 0 saturated heterocycles. The number of carbonyl (C=O) groups excluding carboxylic acids is 1. The summed E-state index contributed by atoms with van der Waals surface area (Å²) in [7, 11) is 0. The van der Waals surface area contributed by atoms with E-state index in [-0.39, 0.29) is 16.8 Å². The van der Waals surface area contributed by atoms with E-state index in [9.17, 15) is 19.7 Å². The fraction of sp³-hybridized carbons (Fsp3) is 0.171. The van der Waals surface area contributed by atoms with Crippen molar-refractivity contribution >= 4 is 85.0 Å². The van der Waals surface area contributed by atoms with Gasteiger partial charge in [-0.25, -0.2) is 9.79 Å². The van der Waals surface area contributed by atoms with Gasteiger partial charge in [0.2, 0.25) is 0 Å². The molecule has 1 atom stereocenters. The second-order valence-electron chi connectivity index (χ2n) is 11.1. The van der Waals surface area contributed by atoms with Gasteiger partial charge in [0, 0.05) is 12.1 Å². The number of benzene rings is 4. The number of hydrogen-bond acceptors (Lipinski definition) is 8. The van der Waals surface area contributed by atoms with Gasteiger partial charge in [-0.1, -0.05) is 65.9 Å². The molecule has 2 heterocycles. The van der Waals surface area contributed by atoms with Gasteiger partial charge in [0.15, 0.2) is 4.80 Å². The van der Waals surface area contributed by atoms with Crippen LogP contribution < -0.4 is 19.6 Å². The highest BCUT2D eigenvalue weighted by Gasteiger charge is 2.34. The third kappa shape index (κ3) is 6.76. The van der Waals surface area contributed by atoms with E-state index in [0.29, 0.717) is 27.2 Å². The Morgan fingerprint density at radius 2 is 1.77 bits per heavy atom. The van der Waals surface area contributed by atoms with E-state index < -0.39 is 23.0 Å². The topological polar surface area (TPSA) is 113 Å². The van der Waals surface area contributed by atoms with Crippen molar-refractivity contribution in [1.82, 2.24) is 4.57 Å². The molecule has 47 heavy (non-hydrogen) atoms. The van der Waals surface area contributed by atoms with Crippen LogP contribution in [0.4, 0.5) is 5.69 Å². The Balaban J connectivity index is 1.39. The van der Waals surface area contributed by atoms with E-state index >= 15 is 0 Å². The lowest BCUT2D eigenvalue weighted by atomic mass is 9.95. The van der Waals surface area contributed by atoms with Crippen molar-refractivity contribution in [3.8, 4) is 5.75 Å². The van der Waals surface area contributed by atoms with Gasteiger partial charge in [0.1, 0.15) is 12.4 Å². The Labute approximate surface area is 300 Å². The van der Waals surface area contributed by atoms with Crippen molar-refractivity contribution in [2.24, 2.45) is 4.99 Å². The lowest BCUT2D eigenvalue weighted by molar-refractivity contribution is -0.384. The second kappa shape index (κ2) is 13.7. The van der Waals surface area contributed by atoms with Crippen molar-refractivity contribution in [3.63, 3.8) is 0 Å². The van der Waals surface area contributed by atoms with Crippen LogP contribution in [0.15, 0.2) is 99.9 Å². The van der Waals surface area contributed by atoms with Gasteiger partial charge in [-0.2, -0.15) is 0 Å². The van der Waals surface area contributed by atoms with Crippen molar-refractivity contribution in [3.05, 3.63) is 144 Å². The Morgan fingerprint density at radius 1 is 1.06 bits per heavy atom. The van der Waals surface area contributed by atoms with Gasteiger partial charge < -0.3 is 9.47 Å². The van der Waals surface area contributed by atoms with E-state index in [1.807, 2.05) is 30.3 Å². The number of ether oxygens (including phenoxy) is 2. The molecule has 9 nitrogen and oxygen atoms in total. The van der Waals surface area contributed by atoms with Crippen molar-refractivity contribution in [1.29, 1.82) is 0 Å². The highest BCUT2D eigenvalue weighted by Crippen LogP contribution is 2.33. The van der Waals surface area contributed by atoms with Crippen molar-refractivity contribution in [2.75, 3.05) is 0 Å². The minimum atomic E-state index is -0.954. The van der Waals surface area contributed by atoms with E-state index in [1.165, 1.54) is 34.1 Å². The van der Waals surface area contributed by atoms with E-state index in [2.05, 4.69) is 74.4 Å². The van der Waals surface area contributed by atoms with Gasteiger partial charge in [-0.05, 0) is 112 Å². The molecule has 0 spiro atoms. The van der Waals surface area contributed by atoms with Crippen LogP contribution in [0.1, 0.15) is 43.5 Å². The number of esters is 1. The third-order valence-electron chi connectivity index (χ3n) is 7.55. The number of rotatable bonds is 8. The highest BCUT2D eigenvalue weighted by atomic mass is 127. The maximum Gasteiger partial charge on any atom is 0.338 e. The quantitative estimate of drug-likeness (QED) is 0.0717. The molecule has 1 aromatic heterocycles. The molecule has 0 bridgehead atoms. The predicted octanol–water partition coefficient (Wildman–Crippen LogP) is 7.04. The lowest BCUT2D eigenvalue weighted by Gasteiger charge is -2.25. The Kier molecular flexibility index (Phi) is 9.62. The number of halogens is 2. The third-order valence-corrected chi connectivity index (χ3v) is 10.1. The summed E-state index contributed by atoms with van der Waals surface area (Å²) in [5.41, 5.74) is 2.32. The summed E-state index contributed by atoms with van der Waals surface area (Å²) >= 11 is 5.67. The largest absolute Gasteiger partial charge is 0.487 e. The predicted molar refractivity (Wildman–Crippen MR) is 198 cm³/mol. The van der Waals surface area contributed by atoms with Gasteiger partial charge >= 0.3 is 5.97 Å². The monoisotopic (exact) mass is 871 g/mol. The SMILES string of the molecule is CC1=C(C(=O)OC(C)C)[C@H](c2cccc([N+](=O)[O-])c2)n2c(s/c(=C/c3cc(I)c(OCc4cccc5ccccc45)c(I)c3)c2=O)=N1. The van der Waals surface area contributed by atoms with E-state index in [0.717, 1.165) is 34.8 Å². The number of carbonyl (C=O) groups is 1. The first-order valence-corrected chi connectivity index (χ1v) is 17.6. The van der Waals surface area contributed by atoms with Crippen molar-refractivity contribution < 1.29 is 19.2 Å². The molecule has 1 aliphatic heterocycles. The summed E-state index contributed by atoms with van der Waals surface area (Å²) in [4.78, 5) is 43.5. The number of hydrogen-bond donors (Lipinski definition) is 0.